The predicted molar refractivity (Wildman–Crippen MR) is 42.1 cm³/mol. The van der Waals surface area contributed by atoms with Gasteiger partial charge in [0, 0.05) is 0 Å². The molecule has 1 aromatic heterocycles. The Labute approximate surface area is 70.1 Å². The topological polar surface area (TPSA) is 33.1 Å². The van der Waals surface area contributed by atoms with Gasteiger partial charge in [0.15, 0.2) is 0 Å². The summed E-state index contributed by atoms with van der Waals surface area (Å²) >= 11 is 0. The second-order valence-corrected chi connectivity index (χ2v) is 3.09. The van der Waals surface area contributed by atoms with Crippen LogP contribution in [0, 0.1) is 5.95 Å². The van der Waals surface area contributed by atoms with Gasteiger partial charge in [-0.15, -0.1) is 0 Å². The molecular formula is C9H10FNO. The minimum Gasteiger partial charge on any atom is -0.387 e. The van der Waals surface area contributed by atoms with Gasteiger partial charge in [0.05, 0.1) is 11.8 Å². The lowest BCUT2D eigenvalue weighted by atomic mass is 9.94. The van der Waals surface area contributed by atoms with E-state index in [0.29, 0.717) is 12.1 Å². The van der Waals surface area contributed by atoms with Gasteiger partial charge < -0.3 is 5.11 Å². The zero-order chi connectivity index (χ0) is 8.55. The Morgan fingerprint density at radius 3 is 3.17 bits per heavy atom. The van der Waals surface area contributed by atoms with E-state index < -0.39 is 12.1 Å². The lowest BCUT2D eigenvalue weighted by molar-refractivity contribution is 0.150. The number of hydrogen-bond donors (Lipinski definition) is 1. The monoisotopic (exact) mass is 167 g/mol. The van der Waals surface area contributed by atoms with Crippen molar-refractivity contribution >= 4 is 0 Å². The molecule has 64 valence electrons. The van der Waals surface area contributed by atoms with Crippen LogP contribution in [0.3, 0.4) is 0 Å². The van der Waals surface area contributed by atoms with Gasteiger partial charge in [0.25, 0.3) is 0 Å². The first-order chi connectivity index (χ1) is 5.77. The molecule has 1 atom stereocenters. The van der Waals surface area contributed by atoms with E-state index in [1.165, 1.54) is 6.07 Å². The molecule has 0 saturated heterocycles. The van der Waals surface area contributed by atoms with Crippen molar-refractivity contribution in [2.75, 3.05) is 0 Å². The van der Waals surface area contributed by atoms with Crippen molar-refractivity contribution in [1.29, 1.82) is 0 Å². The maximum absolute atomic E-state index is 12.6. The van der Waals surface area contributed by atoms with Gasteiger partial charge >= 0.3 is 0 Å². The number of nitrogens with zero attached hydrogens (tertiary/aromatic N) is 1. The van der Waals surface area contributed by atoms with Crippen LogP contribution in [-0.4, -0.2) is 10.1 Å². The number of aryl methyl sites for hydroxylation is 1. The second kappa shape index (κ2) is 2.83. The Morgan fingerprint density at radius 1 is 1.50 bits per heavy atom. The number of aliphatic hydroxyl groups excluding tert-OH is 1. The van der Waals surface area contributed by atoms with E-state index in [4.69, 9.17) is 0 Å². The molecule has 0 aromatic carbocycles. The van der Waals surface area contributed by atoms with Gasteiger partial charge in [0.2, 0.25) is 5.95 Å². The zero-order valence-corrected chi connectivity index (χ0v) is 6.63. The fourth-order valence-corrected chi connectivity index (χ4v) is 1.60. The number of pyridine rings is 1. The van der Waals surface area contributed by atoms with Gasteiger partial charge in [0.1, 0.15) is 0 Å². The molecule has 1 unspecified atom stereocenters. The second-order valence-electron chi connectivity index (χ2n) is 3.09. The Bertz CT molecular complexity index is 301. The summed E-state index contributed by atoms with van der Waals surface area (Å²) in [6.07, 6.45) is 1.99. The minimum atomic E-state index is -0.565. The Kier molecular flexibility index (Phi) is 1.81. The van der Waals surface area contributed by atoms with Crippen LogP contribution < -0.4 is 0 Å². The molecule has 2 rings (SSSR count). The number of aromatic nitrogens is 1. The van der Waals surface area contributed by atoms with Crippen LogP contribution >= 0.6 is 0 Å². The van der Waals surface area contributed by atoms with E-state index >= 15 is 0 Å². The molecule has 3 heteroatoms. The molecule has 0 spiro atoms. The van der Waals surface area contributed by atoms with Crippen molar-refractivity contribution in [2.45, 2.75) is 25.4 Å². The van der Waals surface area contributed by atoms with Crippen molar-refractivity contribution in [2.24, 2.45) is 0 Å². The third-order valence-electron chi connectivity index (χ3n) is 2.22. The van der Waals surface area contributed by atoms with Crippen LogP contribution in [0.15, 0.2) is 12.1 Å². The number of halogens is 1. The van der Waals surface area contributed by atoms with Gasteiger partial charge in [-0.05, 0) is 30.9 Å². The van der Waals surface area contributed by atoms with Crippen molar-refractivity contribution in [1.82, 2.24) is 4.98 Å². The molecule has 1 aliphatic carbocycles. The molecule has 0 aliphatic heterocycles. The standard InChI is InChI=1S/C9H10FNO/c10-8-5-4-6-2-1-3-7(12)9(6)11-8/h4-5,7,12H,1-3H2. The summed E-state index contributed by atoms with van der Waals surface area (Å²) in [7, 11) is 0. The zero-order valence-electron chi connectivity index (χ0n) is 6.63. The highest BCUT2D eigenvalue weighted by molar-refractivity contribution is 5.24. The van der Waals surface area contributed by atoms with Crippen LogP contribution in [0.4, 0.5) is 4.39 Å². The smallest absolute Gasteiger partial charge is 0.213 e. The first-order valence-electron chi connectivity index (χ1n) is 4.11. The highest BCUT2D eigenvalue weighted by Gasteiger charge is 2.19. The highest BCUT2D eigenvalue weighted by atomic mass is 19.1. The lowest BCUT2D eigenvalue weighted by Gasteiger charge is -2.19. The molecular weight excluding hydrogens is 157 g/mol. The van der Waals surface area contributed by atoms with Crippen LogP contribution in [0.5, 0.6) is 0 Å². The third kappa shape index (κ3) is 1.20. The molecule has 12 heavy (non-hydrogen) atoms. The average Bonchev–Trinajstić information content (AvgIpc) is 2.07. The molecule has 0 saturated carbocycles. The van der Waals surface area contributed by atoms with Crippen LogP contribution in [0.2, 0.25) is 0 Å². The molecule has 1 N–H and O–H groups in total. The van der Waals surface area contributed by atoms with Crippen molar-refractivity contribution in [3.63, 3.8) is 0 Å². The fraction of sp³-hybridized carbons (Fsp3) is 0.444. The van der Waals surface area contributed by atoms with E-state index in [-0.39, 0.29) is 0 Å². The van der Waals surface area contributed by atoms with Crippen LogP contribution in [0.1, 0.15) is 30.2 Å². The molecule has 1 aromatic rings. The predicted octanol–water partition coefficient (Wildman–Crippen LogP) is 1.59. The molecule has 0 bridgehead atoms. The number of hydrogen-bond acceptors (Lipinski definition) is 2. The number of rotatable bonds is 0. The van der Waals surface area contributed by atoms with E-state index in [1.807, 2.05) is 0 Å². The average molecular weight is 167 g/mol. The maximum Gasteiger partial charge on any atom is 0.213 e. The molecule has 1 aliphatic rings. The summed E-state index contributed by atoms with van der Waals surface area (Å²) in [5, 5.41) is 9.46. The van der Waals surface area contributed by atoms with Crippen LogP contribution in [0.25, 0.3) is 0 Å². The minimum absolute atomic E-state index is 0.505. The summed E-state index contributed by atoms with van der Waals surface area (Å²) in [4.78, 5) is 3.68. The van der Waals surface area contributed by atoms with Crippen molar-refractivity contribution in [3.05, 3.63) is 29.3 Å². The Morgan fingerprint density at radius 2 is 2.33 bits per heavy atom. The third-order valence-corrected chi connectivity index (χ3v) is 2.22. The van der Waals surface area contributed by atoms with Crippen LogP contribution in [-0.2, 0) is 6.42 Å². The molecule has 0 amide bonds. The SMILES string of the molecule is OC1CCCc2ccc(F)nc21. The van der Waals surface area contributed by atoms with E-state index in [9.17, 15) is 9.50 Å². The summed E-state index contributed by atoms with van der Waals surface area (Å²) in [6, 6.07) is 3.05. The fourth-order valence-electron chi connectivity index (χ4n) is 1.60. The highest BCUT2D eigenvalue weighted by Crippen LogP contribution is 2.27. The molecule has 0 radical (unpaired) electrons. The van der Waals surface area contributed by atoms with Gasteiger partial charge in [-0.3, -0.25) is 0 Å². The first kappa shape index (κ1) is 7.68. The van der Waals surface area contributed by atoms with E-state index in [0.717, 1.165) is 18.4 Å². The molecule has 2 nitrogen and oxygen atoms in total. The Hall–Kier alpha value is -0.960. The van der Waals surface area contributed by atoms with Gasteiger partial charge in [-0.25, -0.2) is 4.98 Å². The quantitative estimate of drug-likeness (QED) is 0.595. The van der Waals surface area contributed by atoms with E-state index in [2.05, 4.69) is 4.98 Å². The number of aliphatic hydroxyl groups is 1. The van der Waals surface area contributed by atoms with Gasteiger partial charge in [-0.1, -0.05) is 6.07 Å². The summed E-state index contributed by atoms with van der Waals surface area (Å²) in [5.74, 6) is -0.505. The normalized spacial score (nSPS) is 22.0. The van der Waals surface area contributed by atoms with E-state index in [1.54, 1.807) is 6.07 Å². The van der Waals surface area contributed by atoms with Gasteiger partial charge in [-0.2, -0.15) is 4.39 Å². The Balaban J connectivity index is 2.47. The molecule has 1 heterocycles. The first-order valence-corrected chi connectivity index (χ1v) is 4.11. The molecule has 0 fully saturated rings. The summed E-state index contributed by atoms with van der Waals surface area (Å²) in [6.45, 7) is 0. The maximum atomic E-state index is 12.6. The van der Waals surface area contributed by atoms with Crippen molar-refractivity contribution in [3.8, 4) is 0 Å². The largest absolute Gasteiger partial charge is 0.387 e. The number of fused-ring (bicyclic) bond motifs is 1. The summed E-state index contributed by atoms with van der Waals surface area (Å²) < 4.78 is 12.6. The lowest BCUT2D eigenvalue weighted by Crippen LogP contribution is -2.11. The van der Waals surface area contributed by atoms with Crippen molar-refractivity contribution < 1.29 is 9.50 Å². The summed E-state index contributed by atoms with van der Waals surface area (Å²) in [5.41, 5.74) is 1.51.